The minimum Gasteiger partial charge on any atom is -0.481 e. The third-order valence-electron chi connectivity index (χ3n) is 10.6. The van der Waals surface area contributed by atoms with Gasteiger partial charge in [0, 0.05) is 12.1 Å². The number of carbonyl (C=O) groups excluding carboxylic acids is 1. The summed E-state index contributed by atoms with van der Waals surface area (Å²) < 4.78 is 0. The summed E-state index contributed by atoms with van der Waals surface area (Å²) in [6.45, 7) is 5.27. The van der Waals surface area contributed by atoms with Crippen LogP contribution in [0.15, 0.2) is 0 Å². The van der Waals surface area contributed by atoms with Gasteiger partial charge in [0.05, 0.1) is 35.8 Å². The van der Waals surface area contributed by atoms with E-state index in [0.717, 1.165) is 57.8 Å². The number of rotatable bonds is 10. The maximum Gasteiger partial charge on any atom is 0.307 e. The first-order chi connectivity index (χ1) is 19.2. The highest BCUT2D eigenvalue weighted by Gasteiger charge is 2.42. The lowest BCUT2D eigenvalue weighted by Crippen LogP contribution is -2.50. The number of hydrogen-bond acceptors (Lipinski definition) is 6. The van der Waals surface area contributed by atoms with Crippen LogP contribution in [0.5, 0.6) is 0 Å². The molecule has 0 aromatic rings. The third kappa shape index (κ3) is 8.47. The molecule has 1 amide bonds. The number of carbonyl (C=O) groups is 2. The Kier molecular flexibility index (Phi) is 12.3. The lowest BCUT2D eigenvalue weighted by molar-refractivity contribution is -0.257. The van der Waals surface area contributed by atoms with Gasteiger partial charge in [-0.2, -0.15) is 5.48 Å². The first-order valence-corrected chi connectivity index (χ1v) is 16.5. The van der Waals surface area contributed by atoms with E-state index in [-0.39, 0.29) is 28.7 Å². The van der Waals surface area contributed by atoms with Gasteiger partial charge in [-0.3, -0.25) is 14.8 Å². The van der Waals surface area contributed by atoms with Crippen LogP contribution in [-0.4, -0.2) is 58.3 Å². The molecule has 0 saturated heterocycles. The van der Waals surface area contributed by atoms with E-state index in [9.17, 15) is 14.7 Å². The van der Waals surface area contributed by atoms with Crippen molar-refractivity contribution in [1.82, 2.24) is 10.8 Å². The van der Waals surface area contributed by atoms with Crippen LogP contribution in [0, 0.1) is 47.3 Å². The third-order valence-corrected chi connectivity index (χ3v) is 11.6. The second-order valence-electron chi connectivity index (χ2n) is 13.5. The second-order valence-corrected chi connectivity index (χ2v) is 14.7. The molecule has 0 spiro atoms. The largest absolute Gasteiger partial charge is 0.481 e. The van der Waals surface area contributed by atoms with Crippen LogP contribution in [0.25, 0.3) is 0 Å². The molecular weight excluding hydrogens is 555 g/mol. The van der Waals surface area contributed by atoms with Crippen LogP contribution in [0.2, 0.25) is 0 Å². The van der Waals surface area contributed by atoms with Crippen molar-refractivity contribution in [2.45, 2.75) is 114 Å². The quantitative estimate of drug-likeness (QED) is 0.140. The molecule has 4 N–H and O–H groups in total. The van der Waals surface area contributed by atoms with Crippen LogP contribution in [-0.2, 0) is 19.3 Å². The first kappa shape index (κ1) is 32.3. The van der Waals surface area contributed by atoms with E-state index in [1.54, 1.807) is 0 Å². The molecule has 4 aliphatic rings. The van der Waals surface area contributed by atoms with E-state index in [4.69, 9.17) is 33.3 Å². The Morgan fingerprint density at radius 1 is 0.750 bits per heavy atom. The molecule has 12 atom stereocenters. The van der Waals surface area contributed by atoms with Crippen LogP contribution < -0.4 is 10.8 Å². The van der Waals surface area contributed by atoms with Crippen LogP contribution in [0.1, 0.15) is 90.9 Å². The van der Waals surface area contributed by atoms with Gasteiger partial charge >= 0.3 is 5.97 Å². The van der Waals surface area contributed by atoms with E-state index in [1.807, 2.05) is 0 Å². The van der Waals surface area contributed by atoms with Crippen molar-refractivity contribution in [2.24, 2.45) is 47.3 Å². The van der Waals surface area contributed by atoms with Crippen molar-refractivity contribution in [3.63, 3.8) is 0 Å². The van der Waals surface area contributed by atoms with Crippen LogP contribution >= 0.6 is 23.2 Å². The molecule has 4 saturated carbocycles. The smallest absolute Gasteiger partial charge is 0.307 e. The van der Waals surface area contributed by atoms with Gasteiger partial charge in [-0.15, -0.1) is 23.2 Å². The molecule has 0 aromatic heterocycles. The fourth-order valence-corrected chi connectivity index (χ4v) is 8.87. The van der Waals surface area contributed by atoms with E-state index in [0.29, 0.717) is 61.6 Å². The molecule has 4 aliphatic carbocycles. The average Bonchev–Trinajstić information content (AvgIpc) is 2.91. The van der Waals surface area contributed by atoms with E-state index >= 15 is 0 Å². The van der Waals surface area contributed by atoms with Gasteiger partial charge in [0.2, 0.25) is 5.91 Å². The molecule has 0 aromatic carbocycles. The van der Waals surface area contributed by atoms with Gasteiger partial charge in [-0.05, 0) is 106 Å². The standard InChI is InChI=1S/C30H50Cl2N2O6/c1-17-3-5-21(22(11-17)16-40-38)15-39-34-28-10-7-20(14-26(28)32)19-6-9-27(25(31)13-19)33-29(35)23-8-4-18(2)12-24(23)30(36)37/h17-28,34,38H,3-16H2,1-2H3,(H,33,35)(H,36,37). The predicted octanol–water partition coefficient (Wildman–Crippen LogP) is 5.86. The number of carboxylic acids is 1. The number of nitrogens with one attached hydrogen (secondary N) is 2. The fraction of sp³-hybridized carbons (Fsp3) is 0.933. The summed E-state index contributed by atoms with van der Waals surface area (Å²) >= 11 is 13.7. The Balaban J connectivity index is 1.19. The first-order valence-electron chi connectivity index (χ1n) is 15.6. The van der Waals surface area contributed by atoms with Crippen molar-refractivity contribution in [3.8, 4) is 0 Å². The van der Waals surface area contributed by atoms with Gasteiger partial charge in [0.15, 0.2) is 0 Å². The number of amides is 1. The van der Waals surface area contributed by atoms with Crippen molar-refractivity contribution in [1.29, 1.82) is 0 Å². The summed E-state index contributed by atoms with van der Waals surface area (Å²) in [5.74, 6) is 0.565. The van der Waals surface area contributed by atoms with Crippen molar-refractivity contribution < 1.29 is 29.7 Å². The lowest BCUT2D eigenvalue weighted by Gasteiger charge is -2.42. The predicted molar refractivity (Wildman–Crippen MR) is 155 cm³/mol. The number of carboxylic acid groups (broad SMARTS) is 1. The molecule has 40 heavy (non-hydrogen) atoms. The Hall–Kier alpha value is -0.640. The van der Waals surface area contributed by atoms with Gasteiger partial charge in [-0.1, -0.05) is 20.3 Å². The zero-order chi connectivity index (χ0) is 28.8. The molecule has 12 unspecified atom stereocenters. The fourth-order valence-electron chi connectivity index (χ4n) is 8.04. The summed E-state index contributed by atoms with van der Waals surface area (Å²) in [6, 6.07) is -0.00367. The minimum absolute atomic E-state index is 0.0189. The molecule has 8 nitrogen and oxygen atoms in total. The molecule has 0 radical (unpaired) electrons. The zero-order valence-corrected chi connectivity index (χ0v) is 25.6. The molecule has 0 heterocycles. The van der Waals surface area contributed by atoms with Crippen molar-refractivity contribution in [3.05, 3.63) is 0 Å². The lowest BCUT2D eigenvalue weighted by atomic mass is 9.71. The molecule has 230 valence electrons. The molecule has 0 bridgehead atoms. The number of alkyl halides is 2. The molecule has 4 fully saturated rings. The van der Waals surface area contributed by atoms with Gasteiger partial charge < -0.3 is 15.3 Å². The Labute approximate surface area is 249 Å². The highest BCUT2D eigenvalue weighted by molar-refractivity contribution is 6.21. The van der Waals surface area contributed by atoms with E-state index in [1.165, 1.54) is 6.42 Å². The summed E-state index contributed by atoms with van der Waals surface area (Å²) in [5.41, 5.74) is 3.25. The number of aliphatic carboxylic acids is 1. The van der Waals surface area contributed by atoms with Gasteiger partial charge in [0.1, 0.15) is 0 Å². The minimum atomic E-state index is -0.868. The maximum atomic E-state index is 13.1. The summed E-state index contributed by atoms with van der Waals surface area (Å²) in [4.78, 5) is 35.3. The normalized spacial score (nSPS) is 42.7. The maximum absolute atomic E-state index is 13.1. The summed E-state index contributed by atoms with van der Waals surface area (Å²) in [7, 11) is 0. The number of halogens is 2. The SMILES string of the molecule is CC1CCC(CONC2CCC(C3CCC(NC(=O)C4CCC(C)CC4C(=O)O)C(Cl)C3)CC2Cl)C(COO)C1. The molecule has 0 aliphatic heterocycles. The zero-order valence-electron chi connectivity index (χ0n) is 24.1. The topological polar surface area (TPSA) is 117 Å². The van der Waals surface area contributed by atoms with E-state index < -0.39 is 17.8 Å². The highest BCUT2D eigenvalue weighted by atomic mass is 35.5. The monoisotopic (exact) mass is 604 g/mol. The second kappa shape index (κ2) is 15.2. The van der Waals surface area contributed by atoms with Crippen LogP contribution in [0.3, 0.4) is 0 Å². The van der Waals surface area contributed by atoms with E-state index in [2.05, 4.69) is 29.5 Å². The average molecular weight is 606 g/mol. The Morgan fingerprint density at radius 3 is 2.00 bits per heavy atom. The molecule has 4 rings (SSSR count). The molecule has 10 heteroatoms. The van der Waals surface area contributed by atoms with Crippen LogP contribution in [0.4, 0.5) is 0 Å². The van der Waals surface area contributed by atoms with Gasteiger partial charge in [-0.25, -0.2) is 4.89 Å². The summed E-state index contributed by atoms with van der Waals surface area (Å²) in [5, 5.41) is 21.6. The van der Waals surface area contributed by atoms with Crippen molar-refractivity contribution >= 4 is 35.1 Å². The highest BCUT2D eigenvalue weighted by Crippen LogP contribution is 2.42. The number of hydrogen-bond donors (Lipinski definition) is 4. The Morgan fingerprint density at radius 2 is 1.38 bits per heavy atom. The summed E-state index contributed by atoms with van der Waals surface area (Å²) in [6.07, 6.45) is 11.0. The molecular formula is C30H50Cl2N2O6. The number of hydroxylamine groups is 1. The Bertz CT molecular complexity index is 836. The van der Waals surface area contributed by atoms with Crippen molar-refractivity contribution in [2.75, 3.05) is 13.2 Å². The van der Waals surface area contributed by atoms with Gasteiger partial charge in [0.25, 0.3) is 0 Å².